The van der Waals surface area contributed by atoms with Crippen LogP contribution in [0.4, 0.5) is 24.5 Å². The molecule has 0 radical (unpaired) electrons. The molecule has 0 fully saturated rings. The van der Waals surface area contributed by atoms with E-state index in [9.17, 15) is 27.6 Å². The number of benzene rings is 1. The van der Waals surface area contributed by atoms with Crippen molar-refractivity contribution in [1.82, 2.24) is 4.57 Å². The van der Waals surface area contributed by atoms with Crippen molar-refractivity contribution in [2.75, 3.05) is 16.8 Å². The van der Waals surface area contributed by atoms with Gasteiger partial charge in [-0.2, -0.15) is 13.2 Å². The molecule has 0 spiro atoms. The molecule has 142 valence electrons. The number of alkyl halides is 3. The molecule has 1 aliphatic rings. The zero-order valence-corrected chi connectivity index (χ0v) is 14.3. The molecule has 1 aromatic carbocycles. The Morgan fingerprint density at radius 2 is 1.96 bits per heavy atom. The number of halogens is 3. The molecule has 2 heterocycles. The van der Waals surface area contributed by atoms with Gasteiger partial charge in [0.1, 0.15) is 12.1 Å². The quantitative estimate of drug-likeness (QED) is 0.890. The Labute approximate surface area is 152 Å². The highest BCUT2D eigenvalue weighted by Gasteiger charge is 2.34. The van der Waals surface area contributed by atoms with Gasteiger partial charge in [0.05, 0.1) is 0 Å². The van der Waals surface area contributed by atoms with E-state index in [1.165, 1.54) is 6.92 Å². The van der Waals surface area contributed by atoms with Gasteiger partial charge in [-0.25, -0.2) is 0 Å². The van der Waals surface area contributed by atoms with Crippen molar-refractivity contribution in [2.24, 2.45) is 0 Å². The van der Waals surface area contributed by atoms with Gasteiger partial charge in [-0.3, -0.25) is 14.4 Å². The average molecular weight is 379 g/mol. The van der Waals surface area contributed by atoms with Crippen LogP contribution < -0.4 is 15.8 Å². The number of carbonyl (C=O) groups is 2. The van der Waals surface area contributed by atoms with Crippen LogP contribution in [0.25, 0.3) is 0 Å². The highest BCUT2D eigenvalue weighted by Crippen LogP contribution is 2.30. The van der Waals surface area contributed by atoms with Gasteiger partial charge in [0.25, 0.3) is 5.56 Å². The predicted molar refractivity (Wildman–Crippen MR) is 92.5 cm³/mol. The van der Waals surface area contributed by atoms with Gasteiger partial charge < -0.3 is 14.8 Å². The summed E-state index contributed by atoms with van der Waals surface area (Å²) in [6.07, 6.45) is -3.00. The second kappa shape index (κ2) is 6.90. The van der Waals surface area contributed by atoms with Crippen molar-refractivity contribution in [3.8, 4) is 0 Å². The van der Waals surface area contributed by atoms with E-state index >= 15 is 0 Å². The maximum Gasteiger partial charge on any atom is 0.421 e. The van der Waals surface area contributed by atoms with E-state index in [0.29, 0.717) is 29.3 Å². The molecule has 2 amide bonds. The van der Waals surface area contributed by atoms with Crippen molar-refractivity contribution < 1.29 is 22.8 Å². The van der Waals surface area contributed by atoms with Crippen LogP contribution in [-0.2, 0) is 28.7 Å². The van der Waals surface area contributed by atoms with Crippen LogP contribution in [0.1, 0.15) is 18.1 Å². The average Bonchev–Trinajstić information content (AvgIpc) is 2.99. The Bertz CT molecular complexity index is 966. The van der Waals surface area contributed by atoms with Gasteiger partial charge in [-0.05, 0) is 42.3 Å². The molecule has 0 atom stereocenters. The van der Waals surface area contributed by atoms with Gasteiger partial charge in [0.2, 0.25) is 11.8 Å². The van der Waals surface area contributed by atoms with Crippen molar-refractivity contribution in [1.29, 1.82) is 0 Å². The normalized spacial score (nSPS) is 13.4. The lowest BCUT2D eigenvalue weighted by atomic mass is 10.1. The summed E-state index contributed by atoms with van der Waals surface area (Å²) < 4.78 is 39.1. The highest BCUT2D eigenvalue weighted by molar-refractivity contribution is 5.95. The monoisotopic (exact) mass is 379 g/mol. The maximum atomic E-state index is 12.8. The highest BCUT2D eigenvalue weighted by atomic mass is 19.4. The zero-order chi connectivity index (χ0) is 19.8. The zero-order valence-electron chi connectivity index (χ0n) is 14.3. The number of aromatic nitrogens is 1. The lowest BCUT2D eigenvalue weighted by Crippen LogP contribution is -2.31. The third-order valence-electron chi connectivity index (χ3n) is 4.28. The number of nitrogens with zero attached hydrogens (tertiary/aromatic N) is 2. The molecular weight excluding hydrogens is 363 g/mol. The summed E-state index contributed by atoms with van der Waals surface area (Å²) in [6.45, 7) is 1.48. The Kier molecular flexibility index (Phi) is 4.77. The van der Waals surface area contributed by atoms with Crippen molar-refractivity contribution in [3.05, 3.63) is 58.0 Å². The summed E-state index contributed by atoms with van der Waals surface area (Å²) in [5.74, 6) is -0.702. The number of nitrogens with one attached hydrogen (secondary N) is 1. The fourth-order valence-electron chi connectivity index (χ4n) is 3.04. The molecule has 0 aliphatic carbocycles. The number of pyridine rings is 1. The Morgan fingerprint density at radius 3 is 2.63 bits per heavy atom. The first-order valence-electron chi connectivity index (χ1n) is 8.14. The number of hydrogen-bond acceptors (Lipinski definition) is 3. The van der Waals surface area contributed by atoms with E-state index in [-0.39, 0.29) is 5.91 Å². The van der Waals surface area contributed by atoms with Crippen molar-refractivity contribution >= 4 is 23.2 Å². The van der Waals surface area contributed by atoms with Crippen LogP contribution in [-0.4, -0.2) is 22.9 Å². The van der Waals surface area contributed by atoms with E-state index in [1.54, 1.807) is 23.1 Å². The summed E-state index contributed by atoms with van der Waals surface area (Å²) in [7, 11) is 0. The van der Waals surface area contributed by atoms with Crippen LogP contribution >= 0.6 is 0 Å². The molecule has 1 N–H and O–H groups in total. The Hall–Kier alpha value is -3.10. The van der Waals surface area contributed by atoms with Gasteiger partial charge in [0.15, 0.2) is 0 Å². The number of rotatable bonds is 3. The summed E-state index contributed by atoms with van der Waals surface area (Å²) in [5.41, 5.74) is -0.483. The fraction of sp³-hybridized carbons (Fsp3) is 0.278. The predicted octanol–water partition coefficient (Wildman–Crippen LogP) is 2.41. The Morgan fingerprint density at radius 1 is 1.22 bits per heavy atom. The number of fused-ring (bicyclic) bond motifs is 1. The molecule has 3 rings (SSSR count). The van der Waals surface area contributed by atoms with E-state index in [1.807, 2.05) is 0 Å². The minimum Gasteiger partial charge on any atom is -0.325 e. The van der Waals surface area contributed by atoms with E-state index < -0.39 is 29.8 Å². The SMILES string of the molecule is CC(=O)N1CCc2cc(NC(=O)Cn3cccc(C(F)(F)F)c3=O)ccc21. The van der Waals surface area contributed by atoms with Gasteiger partial charge in [-0.15, -0.1) is 0 Å². The van der Waals surface area contributed by atoms with Gasteiger partial charge in [0, 0.05) is 31.0 Å². The summed E-state index contributed by atoms with van der Waals surface area (Å²) >= 11 is 0. The van der Waals surface area contributed by atoms with Crippen LogP contribution in [0.15, 0.2) is 41.3 Å². The first-order valence-corrected chi connectivity index (χ1v) is 8.14. The van der Waals surface area contributed by atoms with Crippen LogP contribution in [0.5, 0.6) is 0 Å². The third-order valence-corrected chi connectivity index (χ3v) is 4.28. The van der Waals surface area contributed by atoms with Crippen molar-refractivity contribution in [3.63, 3.8) is 0 Å². The minimum absolute atomic E-state index is 0.0746. The van der Waals surface area contributed by atoms with Crippen LogP contribution in [0, 0.1) is 0 Å². The molecule has 2 aromatic rings. The second-order valence-electron chi connectivity index (χ2n) is 6.16. The number of anilines is 2. The molecule has 27 heavy (non-hydrogen) atoms. The second-order valence-corrected chi connectivity index (χ2v) is 6.16. The topological polar surface area (TPSA) is 71.4 Å². The molecule has 0 bridgehead atoms. The van der Waals surface area contributed by atoms with Crippen molar-refractivity contribution in [2.45, 2.75) is 26.1 Å². The van der Waals surface area contributed by atoms with E-state index in [2.05, 4.69) is 5.32 Å². The molecule has 6 nitrogen and oxygen atoms in total. The van der Waals surface area contributed by atoms with E-state index in [0.717, 1.165) is 23.5 Å². The first-order chi connectivity index (χ1) is 12.7. The maximum absolute atomic E-state index is 12.8. The minimum atomic E-state index is -4.78. The smallest absolute Gasteiger partial charge is 0.325 e. The fourth-order valence-corrected chi connectivity index (χ4v) is 3.04. The van der Waals surface area contributed by atoms with E-state index in [4.69, 9.17) is 0 Å². The number of hydrogen-bond donors (Lipinski definition) is 1. The lowest BCUT2D eigenvalue weighted by molar-refractivity contribution is -0.139. The number of carbonyl (C=O) groups excluding carboxylic acids is 2. The third kappa shape index (κ3) is 3.86. The van der Waals surface area contributed by atoms with Crippen LogP contribution in [0.2, 0.25) is 0 Å². The molecule has 1 aliphatic heterocycles. The van der Waals surface area contributed by atoms with Gasteiger partial charge >= 0.3 is 6.18 Å². The number of amides is 2. The molecule has 9 heteroatoms. The molecule has 0 unspecified atom stereocenters. The Balaban J connectivity index is 1.75. The molecular formula is C18H16F3N3O3. The van der Waals surface area contributed by atoms with Gasteiger partial charge in [-0.1, -0.05) is 0 Å². The first kappa shape index (κ1) is 18.7. The molecule has 1 aromatic heterocycles. The molecule has 0 saturated heterocycles. The summed E-state index contributed by atoms with van der Waals surface area (Å²) in [5, 5.41) is 2.57. The van der Waals surface area contributed by atoms with Crippen LogP contribution in [0.3, 0.4) is 0 Å². The summed E-state index contributed by atoms with van der Waals surface area (Å²) in [6, 6.07) is 6.77. The molecule has 0 saturated carbocycles. The largest absolute Gasteiger partial charge is 0.421 e. The standard InChI is InChI=1S/C18H16F3N3O3/c1-11(25)24-8-6-12-9-13(4-5-15(12)24)22-16(26)10-23-7-2-3-14(17(23)27)18(19,20)21/h2-5,7,9H,6,8,10H2,1H3,(H,22,26). The summed E-state index contributed by atoms with van der Waals surface area (Å²) in [4.78, 5) is 37.2. The lowest BCUT2D eigenvalue weighted by Gasteiger charge is -2.15.